The molecule has 2 heterocycles. The van der Waals surface area contributed by atoms with Gasteiger partial charge in [0, 0.05) is 18.0 Å². The maximum atomic E-state index is 12.3. The zero-order chi connectivity index (χ0) is 15.6. The van der Waals surface area contributed by atoms with Gasteiger partial charge >= 0.3 is 6.61 Å². The topological polar surface area (TPSA) is 73.2 Å². The van der Waals surface area contributed by atoms with Crippen molar-refractivity contribution in [1.29, 1.82) is 0 Å². The summed E-state index contributed by atoms with van der Waals surface area (Å²) < 4.78 is 30.0. The van der Waals surface area contributed by atoms with Gasteiger partial charge in [-0.25, -0.2) is 4.68 Å². The van der Waals surface area contributed by atoms with E-state index in [1.54, 1.807) is 6.92 Å². The molecule has 21 heavy (non-hydrogen) atoms. The third-order valence-electron chi connectivity index (χ3n) is 2.47. The van der Waals surface area contributed by atoms with Gasteiger partial charge in [-0.1, -0.05) is 0 Å². The highest BCUT2D eigenvalue weighted by Gasteiger charge is 2.19. The van der Waals surface area contributed by atoms with Gasteiger partial charge in [0.15, 0.2) is 0 Å². The van der Waals surface area contributed by atoms with Crippen LogP contribution in [0.4, 0.5) is 14.5 Å². The van der Waals surface area contributed by atoms with Gasteiger partial charge in [0.25, 0.3) is 11.5 Å². The predicted molar refractivity (Wildman–Crippen MR) is 73.1 cm³/mol. The van der Waals surface area contributed by atoms with Crippen LogP contribution >= 0.6 is 11.3 Å². The van der Waals surface area contributed by atoms with Gasteiger partial charge in [0.2, 0.25) is 0 Å². The lowest BCUT2D eigenvalue weighted by Gasteiger charge is -2.07. The van der Waals surface area contributed by atoms with Gasteiger partial charge in [0.1, 0.15) is 10.6 Å². The van der Waals surface area contributed by atoms with E-state index in [1.807, 2.05) is 0 Å². The summed E-state index contributed by atoms with van der Waals surface area (Å²) in [7, 11) is 1.46. The Morgan fingerprint density at radius 2 is 2.19 bits per heavy atom. The predicted octanol–water partition coefficient (Wildman–Crippen LogP) is 2.00. The maximum Gasteiger partial charge on any atom is 0.387 e. The van der Waals surface area contributed by atoms with E-state index < -0.39 is 18.1 Å². The molecule has 0 bridgehead atoms. The quantitative estimate of drug-likeness (QED) is 0.936. The molecule has 1 N–H and O–H groups in total. The van der Waals surface area contributed by atoms with Crippen molar-refractivity contribution in [2.75, 3.05) is 5.32 Å². The Morgan fingerprint density at radius 3 is 2.81 bits per heavy atom. The fourth-order valence-electron chi connectivity index (χ4n) is 1.56. The number of amides is 1. The third-order valence-corrected chi connectivity index (χ3v) is 3.50. The number of halogens is 2. The zero-order valence-electron chi connectivity index (χ0n) is 11.1. The molecule has 0 saturated heterocycles. The van der Waals surface area contributed by atoms with Crippen molar-refractivity contribution in [3.05, 3.63) is 38.4 Å². The van der Waals surface area contributed by atoms with E-state index in [1.165, 1.54) is 25.4 Å². The number of aryl methyl sites for hydroxylation is 2. The molecule has 2 aromatic heterocycles. The Hall–Kier alpha value is -2.29. The Bertz CT molecular complexity index is 727. The van der Waals surface area contributed by atoms with Crippen molar-refractivity contribution in [1.82, 2.24) is 9.78 Å². The number of hydrogen-bond donors (Lipinski definition) is 1. The number of aromatic nitrogens is 2. The number of nitrogens with zero attached hydrogens (tertiary/aromatic N) is 2. The van der Waals surface area contributed by atoms with Crippen LogP contribution in [0, 0.1) is 6.92 Å². The first kappa shape index (κ1) is 15.1. The molecule has 0 aliphatic heterocycles. The van der Waals surface area contributed by atoms with Crippen LogP contribution < -0.4 is 15.6 Å². The first-order valence-electron chi connectivity index (χ1n) is 5.77. The fraction of sp³-hybridized carbons (Fsp3) is 0.250. The van der Waals surface area contributed by atoms with E-state index in [0.29, 0.717) is 4.88 Å². The van der Waals surface area contributed by atoms with Crippen molar-refractivity contribution < 1.29 is 18.3 Å². The standard InChI is InChI=1S/C12H11F2N3O3S/c1-6-3-8(20-12(13)14)10(21-6)11(19)16-7-4-9(18)17(2)15-5-7/h3-5,12H,1-2H3,(H,16,19). The number of carbonyl (C=O) groups is 1. The maximum absolute atomic E-state index is 12.3. The van der Waals surface area contributed by atoms with Crippen LogP contribution in [0.5, 0.6) is 5.75 Å². The van der Waals surface area contributed by atoms with Crippen LogP contribution in [-0.2, 0) is 7.05 Å². The van der Waals surface area contributed by atoms with Crippen molar-refractivity contribution in [3.63, 3.8) is 0 Å². The largest absolute Gasteiger partial charge is 0.433 e. The molecule has 0 radical (unpaired) electrons. The molecule has 0 fully saturated rings. The lowest BCUT2D eigenvalue weighted by molar-refractivity contribution is -0.0498. The molecule has 0 aliphatic rings. The molecule has 9 heteroatoms. The van der Waals surface area contributed by atoms with E-state index in [9.17, 15) is 18.4 Å². The van der Waals surface area contributed by atoms with Crippen molar-refractivity contribution >= 4 is 22.9 Å². The van der Waals surface area contributed by atoms with E-state index in [2.05, 4.69) is 15.2 Å². The number of anilines is 1. The molecule has 0 unspecified atom stereocenters. The van der Waals surface area contributed by atoms with Crippen LogP contribution in [0.2, 0.25) is 0 Å². The molecule has 0 aliphatic carbocycles. The Labute approximate surface area is 122 Å². The molecule has 1 amide bonds. The molecular formula is C12H11F2N3O3S. The minimum absolute atomic E-state index is 0.00785. The van der Waals surface area contributed by atoms with Gasteiger partial charge < -0.3 is 10.1 Å². The average Bonchev–Trinajstić information content (AvgIpc) is 2.74. The number of carbonyl (C=O) groups excluding carboxylic acids is 1. The van der Waals surface area contributed by atoms with E-state index in [4.69, 9.17) is 0 Å². The molecule has 2 aromatic rings. The summed E-state index contributed by atoms with van der Waals surface area (Å²) in [6, 6.07) is 2.53. The van der Waals surface area contributed by atoms with Crippen LogP contribution in [0.3, 0.4) is 0 Å². The normalized spacial score (nSPS) is 10.7. The first-order valence-corrected chi connectivity index (χ1v) is 6.58. The summed E-state index contributed by atoms with van der Waals surface area (Å²) in [6.45, 7) is -1.35. The van der Waals surface area contributed by atoms with Crippen molar-refractivity contribution in [3.8, 4) is 5.75 Å². The summed E-state index contributed by atoms with van der Waals surface area (Å²) in [5.74, 6) is -0.833. The second kappa shape index (κ2) is 6.00. The van der Waals surface area contributed by atoms with E-state index >= 15 is 0 Å². The van der Waals surface area contributed by atoms with Crippen LogP contribution in [0.25, 0.3) is 0 Å². The van der Waals surface area contributed by atoms with Crippen molar-refractivity contribution in [2.45, 2.75) is 13.5 Å². The number of thiophene rings is 1. The summed E-state index contributed by atoms with van der Waals surface area (Å²) in [5, 5.41) is 6.17. The van der Waals surface area contributed by atoms with Crippen LogP contribution in [-0.4, -0.2) is 22.3 Å². The second-order valence-electron chi connectivity index (χ2n) is 4.09. The first-order chi connectivity index (χ1) is 9.86. The number of alkyl halides is 2. The molecule has 6 nitrogen and oxygen atoms in total. The molecule has 0 aromatic carbocycles. The average molecular weight is 315 g/mol. The molecular weight excluding hydrogens is 304 g/mol. The molecule has 0 spiro atoms. The Morgan fingerprint density at radius 1 is 1.48 bits per heavy atom. The van der Waals surface area contributed by atoms with E-state index in [-0.39, 0.29) is 16.3 Å². The highest BCUT2D eigenvalue weighted by molar-refractivity contribution is 7.14. The fourth-order valence-corrected chi connectivity index (χ4v) is 2.40. The highest BCUT2D eigenvalue weighted by Crippen LogP contribution is 2.30. The summed E-state index contributed by atoms with van der Waals surface area (Å²) >= 11 is 1.02. The smallest absolute Gasteiger partial charge is 0.387 e. The zero-order valence-corrected chi connectivity index (χ0v) is 11.9. The summed E-state index contributed by atoms with van der Waals surface area (Å²) in [6.07, 6.45) is 1.29. The van der Waals surface area contributed by atoms with Crippen LogP contribution in [0.15, 0.2) is 23.1 Å². The Kier molecular flexibility index (Phi) is 4.32. The second-order valence-corrected chi connectivity index (χ2v) is 5.35. The van der Waals surface area contributed by atoms with Crippen molar-refractivity contribution in [2.24, 2.45) is 7.05 Å². The molecule has 112 valence electrons. The SMILES string of the molecule is Cc1cc(OC(F)F)c(C(=O)Nc2cnn(C)c(=O)c2)s1. The number of nitrogens with one attached hydrogen (secondary N) is 1. The number of hydrogen-bond acceptors (Lipinski definition) is 5. The summed E-state index contributed by atoms with van der Waals surface area (Å²) in [5.41, 5.74) is -0.226. The number of rotatable bonds is 4. The van der Waals surface area contributed by atoms with Gasteiger partial charge in [-0.05, 0) is 13.0 Å². The lowest BCUT2D eigenvalue weighted by Crippen LogP contribution is -2.20. The van der Waals surface area contributed by atoms with Crippen LogP contribution in [0.1, 0.15) is 14.5 Å². The minimum atomic E-state index is -3.02. The molecule has 0 saturated carbocycles. The Balaban J connectivity index is 2.23. The lowest BCUT2D eigenvalue weighted by atomic mass is 10.3. The van der Waals surface area contributed by atoms with Gasteiger partial charge in [-0.15, -0.1) is 11.3 Å². The highest BCUT2D eigenvalue weighted by atomic mass is 32.1. The van der Waals surface area contributed by atoms with Gasteiger partial charge in [-0.3, -0.25) is 9.59 Å². The molecule has 0 atom stereocenters. The third kappa shape index (κ3) is 3.63. The molecule has 2 rings (SSSR count). The van der Waals surface area contributed by atoms with Gasteiger partial charge in [0.05, 0.1) is 11.9 Å². The van der Waals surface area contributed by atoms with Gasteiger partial charge in [-0.2, -0.15) is 13.9 Å². The monoisotopic (exact) mass is 315 g/mol. The summed E-state index contributed by atoms with van der Waals surface area (Å²) in [4.78, 5) is 24.1. The van der Waals surface area contributed by atoms with E-state index in [0.717, 1.165) is 16.0 Å². The minimum Gasteiger partial charge on any atom is -0.433 e. The number of ether oxygens (including phenoxy) is 1.